The summed E-state index contributed by atoms with van der Waals surface area (Å²) in [5.41, 5.74) is 2.71. The first kappa shape index (κ1) is 28.9. The fourth-order valence-electron chi connectivity index (χ4n) is 3.82. The molecule has 3 aromatic carbocycles. The minimum atomic E-state index is 0.135. The molecule has 6 heteroatoms. The Morgan fingerprint density at radius 2 is 1.11 bits per heavy atom. The van der Waals surface area contributed by atoms with Gasteiger partial charge >= 0.3 is 0 Å². The fourth-order valence-corrected chi connectivity index (χ4v) is 3.82. The van der Waals surface area contributed by atoms with E-state index in [1.165, 1.54) is 44.9 Å². The Kier molecular flexibility index (Phi) is 12.9. The minimum absolute atomic E-state index is 0.135. The first-order chi connectivity index (χ1) is 18.7. The SMILES string of the molecule is CCCCCCCOc1ccc(N=Nc2ccc(O)c(C=Nc3ccc(OCCCCCC)cc3)c2)cc1. The largest absolute Gasteiger partial charge is 0.507 e. The Bertz CT molecular complexity index is 1130. The van der Waals surface area contributed by atoms with Gasteiger partial charge in [0.25, 0.3) is 0 Å². The summed E-state index contributed by atoms with van der Waals surface area (Å²) in [5, 5.41) is 18.9. The lowest BCUT2D eigenvalue weighted by Gasteiger charge is -2.06. The van der Waals surface area contributed by atoms with Gasteiger partial charge in [0, 0.05) is 11.8 Å². The van der Waals surface area contributed by atoms with Crippen molar-refractivity contribution < 1.29 is 14.6 Å². The maximum atomic E-state index is 10.3. The Morgan fingerprint density at radius 1 is 0.605 bits per heavy atom. The quantitative estimate of drug-likeness (QED) is 0.110. The third-order valence-electron chi connectivity index (χ3n) is 6.10. The number of rotatable bonds is 17. The summed E-state index contributed by atoms with van der Waals surface area (Å²) in [7, 11) is 0. The van der Waals surface area contributed by atoms with Crippen LogP contribution in [0.4, 0.5) is 17.1 Å². The number of aromatic hydroxyl groups is 1. The van der Waals surface area contributed by atoms with E-state index in [0.717, 1.165) is 48.9 Å². The van der Waals surface area contributed by atoms with Crippen LogP contribution in [0.25, 0.3) is 0 Å². The standard InChI is InChI=1S/C32H41N3O3/c1-3-5-7-9-11-23-38-31-19-14-28(15-20-31)34-35-29-16-21-32(36)26(24-29)25-33-27-12-17-30(18-13-27)37-22-10-8-6-4-2/h12-21,24-25,36H,3-11,22-23H2,1-2H3. The topological polar surface area (TPSA) is 75.8 Å². The Morgan fingerprint density at radius 3 is 1.71 bits per heavy atom. The van der Waals surface area contributed by atoms with Crippen molar-refractivity contribution >= 4 is 23.3 Å². The summed E-state index contributed by atoms with van der Waals surface area (Å²) in [4.78, 5) is 4.49. The monoisotopic (exact) mass is 515 g/mol. The molecule has 0 aliphatic rings. The minimum Gasteiger partial charge on any atom is -0.507 e. The molecule has 0 aliphatic heterocycles. The van der Waals surface area contributed by atoms with Gasteiger partial charge in [-0.3, -0.25) is 4.99 Å². The third-order valence-corrected chi connectivity index (χ3v) is 6.10. The first-order valence-corrected chi connectivity index (χ1v) is 13.9. The van der Waals surface area contributed by atoms with Crippen LogP contribution in [-0.2, 0) is 0 Å². The zero-order chi connectivity index (χ0) is 26.8. The molecule has 0 unspecified atom stereocenters. The van der Waals surface area contributed by atoms with Gasteiger partial charge in [-0.05, 0) is 79.6 Å². The molecule has 0 fully saturated rings. The number of hydrogen-bond donors (Lipinski definition) is 1. The van der Waals surface area contributed by atoms with Gasteiger partial charge in [0.15, 0.2) is 0 Å². The van der Waals surface area contributed by atoms with Gasteiger partial charge in [-0.1, -0.05) is 58.8 Å². The van der Waals surface area contributed by atoms with Gasteiger partial charge in [0.1, 0.15) is 17.2 Å². The number of unbranched alkanes of at least 4 members (excludes halogenated alkanes) is 7. The summed E-state index contributed by atoms with van der Waals surface area (Å²) in [6, 6.07) is 20.3. The van der Waals surface area contributed by atoms with Gasteiger partial charge in [-0.25, -0.2) is 0 Å². The van der Waals surface area contributed by atoms with E-state index in [1.54, 1.807) is 24.4 Å². The van der Waals surface area contributed by atoms with Crippen molar-refractivity contribution in [2.24, 2.45) is 15.2 Å². The van der Waals surface area contributed by atoms with Crippen molar-refractivity contribution in [2.45, 2.75) is 71.6 Å². The van der Waals surface area contributed by atoms with Gasteiger partial charge in [-0.15, -0.1) is 0 Å². The van der Waals surface area contributed by atoms with Crippen LogP contribution in [-0.4, -0.2) is 24.5 Å². The molecule has 0 atom stereocenters. The first-order valence-electron chi connectivity index (χ1n) is 13.9. The summed E-state index contributed by atoms with van der Waals surface area (Å²) < 4.78 is 11.6. The van der Waals surface area contributed by atoms with Crippen molar-refractivity contribution in [1.82, 2.24) is 0 Å². The molecular weight excluding hydrogens is 474 g/mol. The average molecular weight is 516 g/mol. The molecule has 0 radical (unpaired) electrons. The number of hydrogen-bond acceptors (Lipinski definition) is 6. The number of nitrogens with zero attached hydrogens (tertiary/aromatic N) is 3. The van der Waals surface area contributed by atoms with Crippen LogP contribution in [0, 0.1) is 0 Å². The van der Waals surface area contributed by atoms with Gasteiger partial charge in [0.2, 0.25) is 0 Å². The maximum Gasteiger partial charge on any atom is 0.124 e. The molecule has 0 aromatic heterocycles. The van der Waals surface area contributed by atoms with Crippen LogP contribution >= 0.6 is 0 Å². The van der Waals surface area contributed by atoms with E-state index in [4.69, 9.17) is 9.47 Å². The fraction of sp³-hybridized carbons (Fsp3) is 0.406. The van der Waals surface area contributed by atoms with Crippen molar-refractivity contribution in [1.29, 1.82) is 0 Å². The summed E-state index contributed by atoms with van der Waals surface area (Å²) in [6.07, 6.45) is 12.5. The predicted molar refractivity (Wildman–Crippen MR) is 156 cm³/mol. The lowest BCUT2D eigenvalue weighted by Crippen LogP contribution is -1.96. The molecule has 202 valence electrons. The van der Waals surface area contributed by atoms with Crippen LogP contribution in [0.15, 0.2) is 82.0 Å². The lowest BCUT2D eigenvalue weighted by molar-refractivity contribution is 0.304. The maximum absolute atomic E-state index is 10.3. The summed E-state index contributed by atoms with van der Waals surface area (Å²) in [6.45, 7) is 5.89. The smallest absolute Gasteiger partial charge is 0.124 e. The second-order valence-electron chi connectivity index (χ2n) is 9.36. The van der Waals surface area contributed by atoms with E-state index in [1.807, 2.05) is 48.5 Å². The van der Waals surface area contributed by atoms with Gasteiger partial charge < -0.3 is 14.6 Å². The normalized spacial score (nSPS) is 11.4. The van der Waals surface area contributed by atoms with Crippen LogP contribution in [0.3, 0.4) is 0 Å². The van der Waals surface area contributed by atoms with Crippen molar-refractivity contribution in [3.63, 3.8) is 0 Å². The molecule has 0 saturated carbocycles. The number of phenolic OH excluding ortho intramolecular Hbond substituents is 1. The van der Waals surface area contributed by atoms with E-state index in [2.05, 4.69) is 29.1 Å². The van der Waals surface area contributed by atoms with E-state index >= 15 is 0 Å². The number of azo groups is 1. The molecule has 6 nitrogen and oxygen atoms in total. The molecule has 0 aliphatic carbocycles. The van der Waals surface area contributed by atoms with Crippen LogP contribution < -0.4 is 9.47 Å². The molecular formula is C32H41N3O3. The highest BCUT2D eigenvalue weighted by Gasteiger charge is 2.02. The highest BCUT2D eigenvalue weighted by atomic mass is 16.5. The Labute approximate surface area is 227 Å². The van der Waals surface area contributed by atoms with Crippen LogP contribution in [0.5, 0.6) is 17.2 Å². The molecule has 3 rings (SSSR count). The van der Waals surface area contributed by atoms with Crippen LogP contribution in [0.2, 0.25) is 0 Å². The van der Waals surface area contributed by atoms with Gasteiger partial charge in [-0.2, -0.15) is 10.2 Å². The zero-order valence-corrected chi connectivity index (χ0v) is 22.8. The Balaban J connectivity index is 1.50. The van der Waals surface area contributed by atoms with E-state index in [0.29, 0.717) is 11.3 Å². The van der Waals surface area contributed by atoms with Crippen molar-refractivity contribution in [3.05, 3.63) is 72.3 Å². The van der Waals surface area contributed by atoms with E-state index < -0.39 is 0 Å². The van der Waals surface area contributed by atoms with Crippen LogP contribution in [0.1, 0.15) is 77.2 Å². The number of aliphatic imine (C=N–C) groups is 1. The third kappa shape index (κ3) is 10.8. The highest BCUT2D eigenvalue weighted by molar-refractivity contribution is 5.86. The second kappa shape index (κ2) is 17.0. The van der Waals surface area contributed by atoms with E-state index in [9.17, 15) is 5.11 Å². The van der Waals surface area contributed by atoms with Gasteiger partial charge in [0.05, 0.1) is 30.3 Å². The number of phenols is 1. The van der Waals surface area contributed by atoms with E-state index in [-0.39, 0.29) is 5.75 Å². The molecule has 1 N–H and O–H groups in total. The number of ether oxygens (including phenoxy) is 2. The lowest BCUT2D eigenvalue weighted by atomic mass is 10.2. The summed E-state index contributed by atoms with van der Waals surface area (Å²) in [5.74, 6) is 1.82. The zero-order valence-electron chi connectivity index (χ0n) is 22.8. The van der Waals surface area contributed by atoms with Crippen molar-refractivity contribution in [2.75, 3.05) is 13.2 Å². The Hall–Kier alpha value is -3.67. The molecule has 0 bridgehead atoms. The predicted octanol–water partition coefficient (Wildman–Crippen LogP) is 9.87. The average Bonchev–Trinajstić information content (AvgIpc) is 2.95. The molecule has 3 aromatic rings. The molecule has 0 spiro atoms. The second-order valence-corrected chi connectivity index (χ2v) is 9.36. The molecule has 0 saturated heterocycles. The highest BCUT2D eigenvalue weighted by Crippen LogP contribution is 2.26. The van der Waals surface area contributed by atoms with Crippen molar-refractivity contribution in [3.8, 4) is 17.2 Å². The molecule has 0 heterocycles. The number of benzene rings is 3. The molecule has 38 heavy (non-hydrogen) atoms. The molecule has 0 amide bonds. The summed E-state index contributed by atoms with van der Waals surface area (Å²) >= 11 is 0.